The van der Waals surface area contributed by atoms with Gasteiger partial charge in [0, 0.05) is 60.6 Å². The average molecular weight is 956 g/mol. The van der Waals surface area contributed by atoms with Gasteiger partial charge >= 0.3 is 5.97 Å². The number of pyridine rings is 2. The monoisotopic (exact) mass is 955 g/mol. The average Bonchev–Trinajstić information content (AvgIpc) is 3.93. The Kier molecular flexibility index (Phi) is 14.8. The zero-order valence-corrected chi connectivity index (χ0v) is 38.8. The van der Waals surface area contributed by atoms with Gasteiger partial charge in [-0.25, -0.2) is 28.2 Å². The number of cyclic esters (lactones) is 1. The smallest absolute Gasteiger partial charge is 0.343 e. The van der Waals surface area contributed by atoms with Crippen LogP contribution in [0, 0.1) is 17.8 Å². The number of nitrogens with two attached hydrogens (primary N) is 1. The van der Waals surface area contributed by atoms with Crippen molar-refractivity contribution in [3.8, 4) is 34.7 Å². The van der Waals surface area contributed by atoms with Crippen molar-refractivity contribution in [3.63, 3.8) is 0 Å². The summed E-state index contributed by atoms with van der Waals surface area (Å²) in [5.74, 6) is 3.27. The van der Waals surface area contributed by atoms with Crippen molar-refractivity contribution in [2.45, 2.75) is 108 Å². The van der Waals surface area contributed by atoms with Crippen LogP contribution < -0.4 is 42.0 Å². The Morgan fingerprint density at radius 3 is 2.38 bits per heavy atom. The lowest BCUT2D eigenvalue weighted by molar-refractivity contribution is -0.172. The summed E-state index contributed by atoms with van der Waals surface area (Å²) in [7, 11) is -3.54. The molecule has 0 unspecified atom stereocenters. The molecule has 3 aliphatic rings. The van der Waals surface area contributed by atoms with E-state index in [1.165, 1.54) is 17.0 Å². The zero-order valence-electron chi connectivity index (χ0n) is 38.0. The number of aliphatic hydroxyl groups is 1. The molecule has 68 heavy (non-hydrogen) atoms. The number of nitrogens with zero attached hydrogens (tertiary/aromatic N) is 4. The first-order valence-corrected chi connectivity index (χ1v) is 24.1. The molecule has 4 aromatic rings. The molecule has 0 saturated heterocycles. The van der Waals surface area contributed by atoms with Crippen LogP contribution >= 0.6 is 0 Å². The Bertz CT molecular complexity index is 2910. The van der Waals surface area contributed by atoms with E-state index in [4.69, 9.17) is 24.9 Å². The molecule has 3 aliphatic heterocycles. The fourth-order valence-corrected chi connectivity index (χ4v) is 8.66. The minimum Gasteiger partial charge on any atom is -0.458 e. The van der Waals surface area contributed by atoms with Gasteiger partial charge in [-0.15, -0.1) is 0 Å². The van der Waals surface area contributed by atoms with E-state index < -0.39 is 69.2 Å². The van der Waals surface area contributed by atoms with Gasteiger partial charge < -0.3 is 50.9 Å². The van der Waals surface area contributed by atoms with Gasteiger partial charge in [0.05, 0.1) is 41.1 Å². The molecule has 0 spiro atoms. The number of aromatic nitrogens is 4. The molecule has 0 fully saturated rings. The van der Waals surface area contributed by atoms with E-state index in [0.717, 1.165) is 6.26 Å². The molecule has 0 bridgehead atoms. The second-order valence-corrected chi connectivity index (χ2v) is 19.0. The summed E-state index contributed by atoms with van der Waals surface area (Å²) in [5, 5.41) is 22.7. The van der Waals surface area contributed by atoms with Crippen LogP contribution in [-0.4, -0.2) is 101 Å². The van der Waals surface area contributed by atoms with Gasteiger partial charge in [-0.3, -0.25) is 24.0 Å². The van der Waals surface area contributed by atoms with E-state index in [9.17, 15) is 42.3 Å². The van der Waals surface area contributed by atoms with Crippen molar-refractivity contribution in [1.82, 2.24) is 40.8 Å². The molecular weight excluding hydrogens is 903 g/mol. The third-order valence-electron chi connectivity index (χ3n) is 11.9. The highest BCUT2D eigenvalue weighted by Crippen LogP contribution is 2.43. The summed E-state index contributed by atoms with van der Waals surface area (Å²) in [6.45, 7) is 4.73. The largest absolute Gasteiger partial charge is 0.458 e. The number of sulfone groups is 1. The minimum absolute atomic E-state index is 0.00198. The van der Waals surface area contributed by atoms with Crippen molar-refractivity contribution in [3.05, 3.63) is 68.8 Å². The second-order valence-electron chi connectivity index (χ2n) is 17.1. The van der Waals surface area contributed by atoms with Gasteiger partial charge in [-0.05, 0) is 62.3 Å². The van der Waals surface area contributed by atoms with E-state index in [2.05, 4.69) is 43.1 Å². The van der Waals surface area contributed by atoms with E-state index in [0.29, 0.717) is 82.7 Å². The fraction of sp³-hybridized carbons (Fsp3) is 0.457. The maximum absolute atomic E-state index is 13.9. The summed E-state index contributed by atoms with van der Waals surface area (Å²) in [6, 6.07) is 2.99. The van der Waals surface area contributed by atoms with E-state index in [1.54, 1.807) is 39.0 Å². The van der Waals surface area contributed by atoms with Crippen molar-refractivity contribution in [2.24, 2.45) is 11.7 Å². The second kappa shape index (κ2) is 20.5. The number of carbonyl (C=O) groups excluding carboxylic acids is 5. The molecule has 0 saturated carbocycles. The van der Waals surface area contributed by atoms with Crippen LogP contribution in [0.2, 0.25) is 0 Å². The molecule has 7 N–H and O–H groups in total. The molecule has 360 valence electrons. The topological polar surface area (TPSA) is 302 Å². The molecule has 22 heteroatoms. The van der Waals surface area contributed by atoms with E-state index >= 15 is 0 Å². The highest BCUT2D eigenvalue weighted by atomic mass is 32.2. The van der Waals surface area contributed by atoms with Crippen molar-refractivity contribution in [2.75, 3.05) is 26.1 Å². The van der Waals surface area contributed by atoms with Crippen LogP contribution in [0.15, 0.2) is 40.5 Å². The predicted molar refractivity (Wildman–Crippen MR) is 243 cm³/mol. The maximum Gasteiger partial charge on any atom is 0.343 e. The number of hydrogen-bond donors (Lipinski definition) is 6. The Morgan fingerprint density at radius 1 is 0.956 bits per heavy atom. The van der Waals surface area contributed by atoms with Crippen LogP contribution in [-0.2, 0) is 63.8 Å². The maximum atomic E-state index is 13.9. The van der Waals surface area contributed by atoms with Crippen molar-refractivity contribution < 1.29 is 51.7 Å². The number of amides is 4. The predicted octanol–water partition coefficient (Wildman–Crippen LogP) is 0.711. The van der Waals surface area contributed by atoms with Gasteiger partial charge in [0.25, 0.3) is 5.56 Å². The summed E-state index contributed by atoms with van der Waals surface area (Å²) in [5.41, 5.74) is 6.46. The molecule has 0 radical (unpaired) electrons. The number of carbonyl (C=O) groups is 5. The highest BCUT2D eigenvalue weighted by Gasteiger charge is 2.45. The summed E-state index contributed by atoms with van der Waals surface area (Å²) >= 11 is 0. The minimum atomic E-state index is -3.54. The lowest BCUT2D eigenvalue weighted by atomic mass is 9.86. The quantitative estimate of drug-likeness (QED) is 0.0305. The van der Waals surface area contributed by atoms with Crippen LogP contribution in [0.4, 0.5) is 0 Å². The lowest BCUT2D eigenvalue weighted by Gasteiger charge is -2.31. The lowest BCUT2D eigenvalue weighted by Crippen LogP contribution is -2.56. The normalized spacial score (nSPS) is 16.4. The number of hydrogen-bond acceptors (Lipinski definition) is 16. The first kappa shape index (κ1) is 49.0. The third kappa shape index (κ3) is 10.4. The van der Waals surface area contributed by atoms with Gasteiger partial charge in [-0.1, -0.05) is 32.6 Å². The van der Waals surface area contributed by atoms with Crippen molar-refractivity contribution in [1.29, 1.82) is 0 Å². The van der Waals surface area contributed by atoms with Crippen LogP contribution in [0.1, 0.15) is 93.5 Å². The molecule has 6 heterocycles. The number of unbranched alkanes of at least 4 members (excludes halogenated alkanes) is 2. The molecule has 3 atom stereocenters. The number of rotatable bonds is 18. The zero-order chi connectivity index (χ0) is 48.9. The van der Waals surface area contributed by atoms with E-state index in [-0.39, 0.29) is 68.0 Å². The Balaban J connectivity index is 0.998. The van der Waals surface area contributed by atoms with Gasteiger partial charge in [0.15, 0.2) is 17.1 Å². The van der Waals surface area contributed by atoms with Crippen LogP contribution in [0.25, 0.3) is 22.3 Å². The molecule has 21 nitrogen and oxygen atoms in total. The van der Waals surface area contributed by atoms with Crippen LogP contribution in [0.5, 0.6) is 11.5 Å². The third-order valence-corrected chi connectivity index (χ3v) is 12.8. The number of ether oxygens (including phenoxy) is 3. The van der Waals surface area contributed by atoms with Gasteiger partial charge in [0.2, 0.25) is 45.4 Å². The summed E-state index contributed by atoms with van der Waals surface area (Å²) < 4.78 is 41.1. The van der Waals surface area contributed by atoms with Gasteiger partial charge in [-0.2, -0.15) is 0 Å². The highest BCUT2D eigenvalue weighted by molar-refractivity contribution is 7.90. The van der Waals surface area contributed by atoms with Gasteiger partial charge in [0.1, 0.15) is 18.7 Å². The number of esters is 1. The van der Waals surface area contributed by atoms with Crippen molar-refractivity contribution >= 4 is 50.3 Å². The fourth-order valence-electron chi connectivity index (χ4n) is 8.17. The molecule has 3 aromatic heterocycles. The van der Waals surface area contributed by atoms with Crippen LogP contribution in [0.3, 0.4) is 0 Å². The first-order chi connectivity index (χ1) is 32.4. The standard InChI is InChI=1S/C46H53N9O12S/c1-5-46(62)31-16-34-40-29(22-55(34)43(60)30(31)23-65-44(46)61)28(27-15-35-36(67-24-66-35)17-33(27)52-40)20-48-38(57)21-49-41(58)32(12-9-10-14-47)53-42(59)39(25(2)3)54-37(56)13-8-6-7-11-26-18-50-45(51-19-26)68(4,63)64/h15-19,25,32,39,62H,5-6,8-10,12-14,20-24,47H2,1-4H3,(H,48,57)(H,49,58)(H,53,59)(H,54,56)/t32-,39-,46-/m0/s1. The Labute approximate surface area is 391 Å². The SMILES string of the molecule is CC[C@@]1(O)C(=O)OCc2c1cc1n(c2=O)Cc2c-1nc1cc3c(cc1c2CNC(=O)CNC(=O)[C@H](CCCCN)NC(=O)[C@@H](NC(=O)CCCC#Cc1cnc(S(C)(=O)=O)nc1)C(C)C)OCO3. The Hall–Kier alpha value is -6.96. The first-order valence-electron chi connectivity index (χ1n) is 22.2. The molecule has 7 rings (SSSR count). The Morgan fingerprint density at radius 2 is 1.69 bits per heavy atom. The number of fused-ring (bicyclic) bond motifs is 6. The van der Waals surface area contributed by atoms with E-state index in [1.807, 2.05) is 0 Å². The molecule has 1 aromatic carbocycles. The summed E-state index contributed by atoms with van der Waals surface area (Å²) in [6.07, 6.45) is 5.59. The summed E-state index contributed by atoms with van der Waals surface area (Å²) in [4.78, 5) is 92.9. The number of benzene rings is 1. The number of nitrogens with one attached hydrogen (secondary N) is 4. The molecule has 0 aliphatic carbocycles. The molecular formula is C46H53N9O12S. The molecule has 4 amide bonds.